The highest BCUT2D eigenvalue weighted by Crippen LogP contribution is 2.31. The van der Waals surface area contributed by atoms with Crippen molar-refractivity contribution >= 4 is 0 Å². The van der Waals surface area contributed by atoms with Crippen molar-refractivity contribution in [1.82, 2.24) is 9.78 Å². The van der Waals surface area contributed by atoms with Crippen LogP contribution in [0.3, 0.4) is 0 Å². The normalized spacial score (nSPS) is 13.4. The molecule has 0 saturated carbocycles. The third-order valence-electron chi connectivity index (χ3n) is 3.82. The van der Waals surface area contributed by atoms with Gasteiger partial charge in [0.15, 0.2) is 0 Å². The van der Waals surface area contributed by atoms with Crippen molar-refractivity contribution in [3.63, 3.8) is 0 Å². The number of hydrogen-bond donors (Lipinski definition) is 1. The molecular weight excluding hydrogens is 260 g/mol. The second-order valence-electron chi connectivity index (χ2n) is 6.65. The summed E-state index contributed by atoms with van der Waals surface area (Å²) in [4.78, 5) is 0. The highest BCUT2D eigenvalue weighted by Gasteiger charge is 2.22. The van der Waals surface area contributed by atoms with Crippen LogP contribution in [0.1, 0.15) is 56.3 Å². The molecule has 0 amide bonds. The molecule has 1 N–H and O–H groups in total. The van der Waals surface area contributed by atoms with Crippen molar-refractivity contribution in [1.29, 1.82) is 0 Å². The van der Waals surface area contributed by atoms with Gasteiger partial charge in [-0.2, -0.15) is 5.10 Å². The van der Waals surface area contributed by atoms with E-state index in [-0.39, 0.29) is 5.41 Å². The molecule has 0 fully saturated rings. The fraction of sp³-hybridized carbons (Fsp3) is 0.500. The van der Waals surface area contributed by atoms with Gasteiger partial charge in [0, 0.05) is 18.7 Å². The van der Waals surface area contributed by atoms with E-state index in [1.807, 2.05) is 29.8 Å². The lowest BCUT2D eigenvalue weighted by Crippen LogP contribution is -2.17. The number of aliphatic hydroxyl groups is 1. The van der Waals surface area contributed by atoms with Crippen molar-refractivity contribution in [3.8, 4) is 0 Å². The van der Waals surface area contributed by atoms with Crippen molar-refractivity contribution in [2.75, 3.05) is 0 Å². The number of aromatic nitrogens is 2. The third-order valence-corrected chi connectivity index (χ3v) is 3.82. The van der Waals surface area contributed by atoms with Crippen LogP contribution in [0.5, 0.6) is 0 Å². The molecule has 3 nitrogen and oxygen atoms in total. The molecule has 0 spiro atoms. The van der Waals surface area contributed by atoms with Crippen LogP contribution in [-0.2, 0) is 18.4 Å². The number of aliphatic hydroxyl groups excluding tert-OH is 1. The fourth-order valence-electron chi connectivity index (χ4n) is 2.82. The fourth-order valence-corrected chi connectivity index (χ4v) is 2.82. The number of aryl methyl sites for hydroxylation is 2. The van der Waals surface area contributed by atoms with E-state index in [0.29, 0.717) is 6.42 Å². The maximum atomic E-state index is 10.7. The van der Waals surface area contributed by atoms with Gasteiger partial charge in [-0.15, -0.1) is 0 Å². The summed E-state index contributed by atoms with van der Waals surface area (Å²) in [6.07, 6.45) is 0.101. The molecule has 114 valence electrons. The van der Waals surface area contributed by atoms with Gasteiger partial charge in [0.25, 0.3) is 0 Å². The Morgan fingerprint density at radius 1 is 1.24 bits per heavy atom. The SMILES string of the molecule is CCn1nc(C)cc1CC(O)c1ccccc1C(C)(C)C. The number of hydrogen-bond acceptors (Lipinski definition) is 2. The molecule has 1 aromatic heterocycles. The van der Waals surface area contributed by atoms with Gasteiger partial charge in [0.2, 0.25) is 0 Å². The molecule has 2 aromatic rings. The standard InChI is InChI=1S/C18H26N2O/c1-6-20-14(11-13(2)19-20)12-17(21)15-9-7-8-10-16(15)18(3,4)5/h7-11,17,21H,6,12H2,1-5H3. The molecule has 1 heterocycles. The Morgan fingerprint density at radius 2 is 1.90 bits per heavy atom. The minimum Gasteiger partial charge on any atom is -0.388 e. The van der Waals surface area contributed by atoms with Crippen LogP contribution < -0.4 is 0 Å². The van der Waals surface area contributed by atoms with Gasteiger partial charge in [0.1, 0.15) is 0 Å². The Hall–Kier alpha value is -1.61. The van der Waals surface area contributed by atoms with E-state index in [9.17, 15) is 5.11 Å². The zero-order valence-electron chi connectivity index (χ0n) is 13.7. The van der Waals surface area contributed by atoms with Crippen LogP contribution in [-0.4, -0.2) is 14.9 Å². The molecule has 0 bridgehead atoms. The summed E-state index contributed by atoms with van der Waals surface area (Å²) >= 11 is 0. The first-order chi connectivity index (χ1) is 9.82. The van der Waals surface area contributed by atoms with E-state index in [4.69, 9.17) is 0 Å². The zero-order valence-corrected chi connectivity index (χ0v) is 13.7. The molecule has 0 aliphatic carbocycles. The Labute approximate surface area is 127 Å². The summed E-state index contributed by atoms with van der Waals surface area (Å²) < 4.78 is 1.97. The molecule has 21 heavy (non-hydrogen) atoms. The number of nitrogens with zero attached hydrogens (tertiary/aromatic N) is 2. The second-order valence-corrected chi connectivity index (χ2v) is 6.65. The first-order valence-corrected chi connectivity index (χ1v) is 7.63. The lowest BCUT2D eigenvalue weighted by molar-refractivity contribution is 0.173. The maximum Gasteiger partial charge on any atom is 0.0848 e. The largest absolute Gasteiger partial charge is 0.388 e. The van der Waals surface area contributed by atoms with Crippen LogP contribution in [0.2, 0.25) is 0 Å². The van der Waals surface area contributed by atoms with Gasteiger partial charge in [-0.05, 0) is 36.5 Å². The van der Waals surface area contributed by atoms with Gasteiger partial charge in [-0.25, -0.2) is 0 Å². The Morgan fingerprint density at radius 3 is 2.52 bits per heavy atom. The molecule has 1 aromatic carbocycles. The smallest absolute Gasteiger partial charge is 0.0848 e. The van der Waals surface area contributed by atoms with Crippen LogP contribution in [0, 0.1) is 6.92 Å². The van der Waals surface area contributed by atoms with Crippen molar-refractivity contribution < 1.29 is 5.11 Å². The predicted molar refractivity (Wildman–Crippen MR) is 86.4 cm³/mol. The lowest BCUT2D eigenvalue weighted by Gasteiger charge is -2.25. The van der Waals surface area contributed by atoms with E-state index < -0.39 is 6.10 Å². The first-order valence-electron chi connectivity index (χ1n) is 7.63. The van der Waals surface area contributed by atoms with Crippen molar-refractivity contribution in [2.24, 2.45) is 0 Å². The predicted octanol–water partition coefficient (Wildman–Crippen LogP) is 3.79. The third kappa shape index (κ3) is 3.53. The van der Waals surface area contributed by atoms with Crippen molar-refractivity contribution in [3.05, 3.63) is 52.8 Å². The average molecular weight is 286 g/mol. The summed E-state index contributed by atoms with van der Waals surface area (Å²) in [5, 5.41) is 15.2. The summed E-state index contributed by atoms with van der Waals surface area (Å²) in [5.41, 5.74) is 4.34. The van der Waals surface area contributed by atoms with Crippen LogP contribution in [0.4, 0.5) is 0 Å². The van der Waals surface area contributed by atoms with Crippen LogP contribution >= 0.6 is 0 Å². The molecular formula is C18H26N2O. The molecule has 0 aliphatic rings. The van der Waals surface area contributed by atoms with E-state index in [0.717, 1.165) is 23.5 Å². The number of benzene rings is 1. The summed E-state index contributed by atoms with van der Waals surface area (Å²) in [6, 6.07) is 10.2. The quantitative estimate of drug-likeness (QED) is 0.928. The van der Waals surface area contributed by atoms with Gasteiger partial charge >= 0.3 is 0 Å². The van der Waals surface area contributed by atoms with Crippen molar-refractivity contribution in [2.45, 2.75) is 59.1 Å². The first kappa shape index (κ1) is 15.8. The van der Waals surface area contributed by atoms with E-state index in [2.05, 4.69) is 44.9 Å². The monoisotopic (exact) mass is 286 g/mol. The summed E-state index contributed by atoms with van der Waals surface area (Å²) in [5.74, 6) is 0. The highest BCUT2D eigenvalue weighted by atomic mass is 16.3. The molecule has 1 atom stereocenters. The number of rotatable bonds is 4. The topological polar surface area (TPSA) is 38.0 Å². The minimum atomic E-state index is -0.498. The van der Waals surface area contributed by atoms with E-state index in [1.165, 1.54) is 5.56 Å². The average Bonchev–Trinajstić information content (AvgIpc) is 2.77. The van der Waals surface area contributed by atoms with Crippen LogP contribution in [0.15, 0.2) is 30.3 Å². The Kier molecular flexibility index (Phi) is 4.52. The lowest BCUT2D eigenvalue weighted by atomic mass is 9.82. The molecule has 0 aliphatic heterocycles. The molecule has 2 rings (SSSR count). The Bertz CT molecular complexity index is 608. The van der Waals surface area contributed by atoms with E-state index >= 15 is 0 Å². The second kappa shape index (κ2) is 6.02. The molecule has 3 heteroatoms. The van der Waals surface area contributed by atoms with Gasteiger partial charge < -0.3 is 5.11 Å². The summed E-state index contributed by atoms with van der Waals surface area (Å²) in [7, 11) is 0. The molecule has 1 unspecified atom stereocenters. The maximum absolute atomic E-state index is 10.7. The Balaban J connectivity index is 2.31. The van der Waals surface area contributed by atoms with E-state index in [1.54, 1.807) is 0 Å². The van der Waals surface area contributed by atoms with Gasteiger partial charge in [-0.1, -0.05) is 45.0 Å². The molecule has 0 radical (unpaired) electrons. The highest BCUT2D eigenvalue weighted by molar-refractivity contribution is 5.35. The van der Waals surface area contributed by atoms with Crippen LogP contribution in [0.25, 0.3) is 0 Å². The van der Waals surface area contributed by atoms with Gasteiger partial charge in [0.05, 0.1) is 11.8 Å². The minimum absolute atomic E-state index is 0.0263. The zero-order chi connectivity index (χ0) is 15.6. The molecule has 0 saturated heterocycles. The van der Waals surface area contributed by atoms with Gasteiger partial charge in [-0.3, -0.25) is 4.68 Å². The summed E-state index contributed by atoms with van der Waals surface area (Å²) in [6.45, 7) is 11.4.